The smallest absolute Gasteiger partial charge is 0.164 e. The molecule has 1 aliphatic heterocycles. The maximum absolute atomic E-state index is 6.70. The van der Waals surface area contributed by atoms with E-state index in [9.17, 15) is 0 Å². The number of pyridine rings is 1. The second-order valence-corrected chi connectivity index (χ2v) is 15.4. The minimum atomic E-state index is -0.685. The molecule has 3 heterocycles. The zero-order chi connectivity index (χ0) is 39.6. The van der Waals surface area contributed by atoms with Gasteiger partial charge in [-0.2, -0.15) is 0 Å². The van der Waals surface area contributed by atoms with E-state index in [1.165, 1.54) is 22.3 Å². The summed E-state index contributed by atoms with van der Waals surface area (Å²) >= 11 is 0. The van der Waals surface area contributed by atoms with Crippen molar-refractivity contribution in [3.05, 3.63) is 229 Å². The highest BCUT2D eigenvalue weighted by Gasteiger charge is 2.51. The molecule has 0 N–H and O–H groups in total. The average Bonchev–Trinajstić information content (AvgIpc) is 3.61. The molecule has 0 amide bonds. The largest absolute Gasteiger partial charge is 0.457 e. The van der Waals surface area contributed by atoms with Crippen LogP contribution in [0.15, 0.2) is 206 Å². The Labute approximate surface area is 347 Å². The molecule has 0 fully saturated rings. The van der Waals surface area contributed by atoms with Crippen molar-refractivity contribution < 1.29 is 4.74 Å². The molecule has 10 aromatic rings. The molecule has 2 aromatic heterocycles. The monoisotopic (exact) mass is 766 g/mol. The summed E-state index contributed by atoms with van der Waals surface area (Å²) in [4.78, 5) is 19.9. The van der Waals surface area contributed by atoms with Gasteiger partial charge >= 0.3 is 0 Å². The summed E-state index contributed by atoms with van der Waals surface area (Å²) in [6.45, 7) is 0. The minimum Gasteiger partial charge on any atom is -0.457 e. The van der Waals surface area contributed by atoms with Crippen LogP contribution in [0.25, 0.3) is 78.4 Å². The van der Waals surface area contributed by atoms with Crippen LogP contribution >= 0.6 is 0 Å². The third-order valence-electron chi connectivity index (χ3n) is 12.1. The van der Waals surface area contributed by atoms with E-state index in [0.29, 0.717) is 17.5 Å². The zero-order valence-corrected chi connectivity index (χ0v) is 32.3. The molecular weight excluding hydrogens is 733 g/mol. The fourth-order valence-corrected chi connectivity index (χ4v) is 9.34. The summed E-state index contributed by atoms with van der Waals surface area (Å²) in [6, 6.07) is 70.2. The van der Waals surface area contributed by atoms with Gasteiger partial charge in [0.25, 0.3) is 0 Å². The van der Waals surface area contributed by atoms with Crippen molar-refractivity contribution >= 4 is 10.9 Å². The molecule has 0 saturated carbocycles. The van der Waals surface area contributed by atoms with E-state index < -0.39 is 5.41 Å². The Morgan fingerprint density at radius 1 is 0.333 bits per heavy atom. The van der Waals surface area contributed by atoms with E-state index in [2.05, 4.69) is 138 Å². The number of aromatic nitrogens is 4. The molecule has 12 rings (SSSR count). The summed E-state index contributed by atoms with van der Waals surface area (Å²) in [5.74, 6) is 3.57. The van der Waals surface area contributed by atoms with Crippen LogP contribution in [0.5, 0.6) is 11.5 Å². The SMILES string of the molecule is c1ccc(-c2nc(-c3ccccc3)nc(-c3ccc4c(c3)C3(c5ccccc5Oc5ccccc53)c3cc(-c5ccc(-c6ccnc7ccccc67)cc5)ccc3-4)n2)cc1. The molecular formula is C55H34N4O. The minimum absolute atomic E-state index is 0.619. The number of hydrogen-bond acceptors (Lipinski definition) is 5. The van der Waals surface area contributed by atoms with Gasteiger partial charge in [-0.3, -0.25) is 4.98 Å². The van der Waals surface area contributed by atoms with E-state index in [1.54, 1.807) is 0 Å². The molecule has 0 bridgehead atoms. The maximum atomic E-state index is 6.70. The Kier molecular flexibility index (Phi) is 7.69. The Morgan fingerprint density at radius 2 is 0.817 bits per heavy atom. The van der Waals surface area contributed by atoms with Crippen LogP contribution in [0.2, 0.25) is 0 Å². The Balaban J connectivity index is 1.06. The topological polar surface area (TPSA) is 60.8 Å². The van der Waals surface area contributed by atoms with Crippen molar-refractivity contribution in [2.24, 2.45) is 0 Å². The number of benzene rings is 8. The third kappa shape index (κ3) is 5.26. The Bertz CT molecular complexity index is 3180. The number of hydrogen-bond donors (Lipinski definition) is 0. The van der Waals surface area contributed by atoms with Crippen LogP contribution in [0.4, 0.5) is 0 Å². The van der Waals surface area contributed by atoms with Gasteiger partial charge in [-0.05, 0) is 80.9 Å². The van der Waals surface area contributed by atoms with Gasteiger partial charge in [0.2, 0.25) is 0 Å². The number of para-hydroxylation sites is 3. The summed E-state index contributed by atoms with van der Waals surface area (Å²) in [7, 11) is 0. The molecule has 0 radical (unpaired) electrons. The average molecular weight is 767 g/mol. The van der Waals surface area contributed by atoms with Crippen molar-refractivity contribution in [3.8, 4) is 79.0 Å². The summed E-state index contributed by atoms with van der Waals surface area (Å²) in [5.41, 5.74) is 14.7. The first kappa shape index (κ1) is 34.1. The van der Waals surface area contributed by atoms with E-state index in [4.69, 9.17) is 19.7 Å². The van der Waals surface area contributed by atoms with E-state index in [-0.39, 0.29) is 0 Å². The Morgan fingerprint density at radius 3 is 1.45 bits per heavy atom. The molecule has 0 atom stereocenters. The predicted octanol–water partition coefficient (Wildman–Crippen LogP) is 13.2. The predicted molar refractivity (Wildman–Crippen MR) is 240 cm³/mol. The van der Waals surface area contributed by atoms with Gasteiger partial charge in [-0.15, -0.1) is 0 Å². The van der Waals surface area contributed by atoms with Crippen LogP contribution in [0.3, 0.4) is 0 Å². The lowest BCUT2D eigenvalue weighted by Crippen LogP contribution is -2.32. The van der Waals surface area contributed by atoms with Crippen LogP contribution in [0, 0.1) is 0 Å². The molecule has 60 heavy (non-hydrogen) atoms. The second kappa shape index (κ2) is 13.5. The fraction of sp³-hybridized carbons (Fsp3) is 0.0182. The number of fused-ring (bicyclic) bond motifs is 10. The van der Waals surface area contributed by atoms with Gasteiger partial charge in [0.15, 0.2) is 17.5 Å². The lowest BCUT2D eigenvalue weighted by molar-refractivity contribution is 0.436. The molecule has 1 spiro atoms. The lowest BCUT2D eigenvalue weighted by Gasteiger charge is -2.39. The first-order valence-electron chi connectivity index (χ1n) is 20.2. The van der Waals surface area contributed by atoms with Gasteiger partial charge in [0.1, 0.15) is 11.5 Å². The van der Waals surface area contributed by atoms with Gasteiger partial charge in [0, 0.05) is 39.4 Å². The molecule has 0 saturated heterocycles. The zero-order valence-electron chi connectivity index (χ0n) is 32.3. The number of rotatable bonds is 5. The molecule has 280 valence electrons. The van der Waals surface area contributed by atoms with Crippen LogP contribution in [-0.4, -0.2) is 19.9 Å². The van der Waals surface area contributed by atoms with Crippen molar-refractivity contribution in [2.45, 2.75) is 5.41 Å². The van der Waals surface area contributed by atoms with Crippen molar-refractivity contribution in [1.29, 1.82) is 0 Å². The summed E-state index contributed by atoms with van der Waals surface area (Å²) < 4.78 is 6.70. The summed E-state index contributed by atoms with van der Waals surface area (Å²) in [5, 5.41) is 1.14. The van der Waals surface area contributed by atoms with Crippen LogP contribution in [-0.2, 0) is 5.41 Å². The quantitative estimate of drug-likeness (QED) is 0.175. The highest BCUT2D eigenvalue weighted by molar-refractivity contribution is 5.95. The van der Waals surface area contributed by atoms with Gasteiger partial charge < -0.3 is 4.74 Å². The lowest BCUT2D eigenvalue weighted by atomic mass is 9.65. The standard InChI is InChI=1S/C55H34N4O/c1-3-13-37(14-4-1)52-57-53(38-15-5-2-6-16-38)59-54(58-52)40-28-30-43-42-29-27-39(35-23-25-36(26-24-35)41-31-32-56-49-20-10-7-17-44(41)49)33-47(42)55(48(43)34-40)45-18-8-11-21-50(45)60-51-22-12-9-19-46(51)55/h1-34H. The molecule has 8 aromatic carbocycles. The molecule has 5 heteroatoms. The van der Waals surface area contributed by atoms with Crippen molar-refractivity contribution in [2.75, 3.05) is 0 Å². The van der Waals surface area contributed by atoms with E-state index in [0.717, 1.165) is 72.5 Å². The maximum Gasteiger partial charge on any atom is 0.164 e. The first-order chi connectivity index (χ1) is 29.7. The van der Waals surface area contributed by atoms with Gasteiger partial charge in [-0.25, -0.2) is 15.0 Å². The van der Waals surface area contributed by atoms with Crippen LogP contribution < -0.4 is 4.74 Å². The number of ether oxygens (including phenoxy) is 1. The van der Waals surface area contributed by atoms with E-state index in [1.807, 2.05) is 72.9 Å². The molecule has 5 nitrogen and oxygen atoms in total. The molecule has 0 unspecified atom stereocenters. The second-order valence-electron chi connectivity index (χ2n) is 15.4. The van der Waals surface area contributed by atoms with Crippen molar-refractivity contribution in [1.82, 2.24) is 19.9 Å². The summed E-state index contributed by atoms with van der Waals surface area (Å²) in [6.07, 6.45) is 1.89. The molecule has 1 aliphatic carbocycles. The van der Waals surface area contributed by atoms with Crippen molar-refractivity contribution in [3.63, 3.8) is 0 Å². The molecule has 2 aliphatic rings. The fourth-order valence-electron chi connectivity index (χ4n) is 9.34. The van der Waals surface area contributed by atoms with Gasteiger partial charge in [0.05, 0.1) is 10.9 Å². The van der Waals surface area contributed by atoms with Crippen LogP contribution in [0.1, 0.15) is 22.3 Å². The highest BCUT2D eigenvalue weighted by Crippen LogP contribution is 2.62. The first-order valence-corrected chi connectivity index (χ1v) is 20.2. The normalized spacial score (nSPS) is 12.9. The highest BCUT2D eigenvalue weighted by atomic mass is 16.5. The van der Waals surface area contributed by atoms with E-state index >= 15 is 0 Å². The Hall–Kier alpha value is -8.02. The number of nitrogens with zero attached hydrogens (tertiary/aromatic N) is 4. The van der Waals surface area contributed by atoms with Gasteiger partial charge in [-0.1, -0.05) is 164 Å². The third-order valence-corrected chi connectivity index (χ3v) is 12.1.